The number of rotatable bonds is 12. The third kappa shape index (κ3) is 4.51. The average Bonchev–Trinajstić information content (AvgIpc) is 2.89. The largest absolute Gasteiger partial charge is 0.507 e. The van der Waals surface area contributed by atoms with Crippen molar-refractivity contribution < 1.29 is 19.8 Å². The highest BCUT2D eigenvalue weighted by Crippen LogP contribution is 2.45. The Kier molecular flexibility index (Phi) is 8.02. The molecule has 2 aromatic carbocycles. The Bertz CT molecular complexity index is 1150. The predicted octanol–water partition coefficient (Wildman–Crippen LogP) is 8.98. The molecule has 0 aromatic heterocycles. The molecule has 4 nitrogen and oxygen atoms in total. The van der Waals surface area contributed by atoms with Gasteiger partial charge in [-0.3, -0.25) is 9.59 Å². The molecule has 0 bridgehead atoms. The van der Waals surface area contributed by atoms with Crippen LogP contribution in [-0.2, 0) is 0 Å². The van der Waals surface area contributed by atoms with Crippen LogP contribution in [0.15, 0.2) is 35.4 Å². The van der Waals surface area contributed by atoms with Gasteiger partial charge in [-0.15, -0.1) is 0 Å². The van der Waals surface area contributed by atoms with Crippen LogP contribution in [0.4, 0.5) is 0 Å². The maximum absolute atomic E-state index is 13.6. The Hall–Kier alpha value is -2.88. The maximum atomic E-state index is 13.6. The van der Waals surface area contributed by atoms with Crippen LogP contribution in [-0.4, -0.2) is 21.8 Å². The molecule has 2 atom stereocenters. The first-order valence-corrected chi connectivity index (χ1v) is 13.9. The van der Waals surface area contributed by atoms with Gasteiger partial charge < -0.3 is 10.2 Å². The van der Waals surface area contributed by atoms with Crippen LogP contribution in [0, 0.1) is 11.8 Å². The summed E-state index contributed by atoms with van der Waals surface area (Å²) in [6.07, 6.45) is 9.50. The lowest BCUT2D eigenvalue weighted by Crippen LogP contribution is -2.20. The number of aliphatic hydroxyl groups is 2. The minimum absolute atomic E-state index is 0.0264. The fourth-order valence-corrected chi connectivity index (χ4v) is 5.98. The fraction of sp³-hybridized carbons (Fsp3) is 0.500. The van der Waals surface area contributed by atoms with Gasteiger partial charge in [-0.25, -0.2) is 0 Å². The summed E-state index contributed by atoms with van der Waals surface area (Å²) in [5.41, 5.74) is 3.15. The average molecular weight is 489 g/mol. The summed E-state index contributed by atoms with van der Waals surface area (Å²) >= 11 is 0. The van der Waals surface area contributed by atoms with E-state index in [-0.39, 0.29) is 23.1 Å². The predicted molar refractivity (Wildman–Crippen MR) is 148 cm³/mol. The lowest BCUT2D eigenvalue weighted by molar-refractivity contribution is 0.101. The van der Waals surface area contributed by atoms with E-state index in [1.165, 1.54) is 0 Å². The van der Waals surface area contributed by atoms with Gasteiger partial charge in [0.05, 0.1) is 0 Å². The van der Waals surface area contributed by atoms with E-state index in [9.17, 15) is 19.8 Å². The molecule has 2 aliphatic rings. The summed E-state index contributed by atoms with van der Waals surface area (Å²) in [6, 6.07) is 7.10. The molecular weight excluding hydrogens is 448 g/mol. The van der Waals surface area contributed by atoms with Gasteiger partial charge in [0.25, 0.3) is 0 Å². The monoisotopic (exact) mass is 488 g/mol. The van der Waals surface area contributed by atoms with Gasteiger partial charge >= 0.3 is 0 Å². The Morgan fingerprint density at radius 2 is 0.972 bits per heavy atom. The number of carbonyl (C=O) groups excluding carboxylic acids is 2. The zero-order chi connectivity index (χ0) is 26.0. The van der Waals surface area contributed by atoms with Crippen LogP contribution >= 0.6 is 0 Å². The van der Waals surface area contributed by atoms with Crippen LogP contribution in [0.5, 0.6) is 0 Å². The van der Waals surface area contributed by atoms with Gasteiger partial charge in [-0.1, -0.05) is 79.1 Å². The van der Waals surface area contributed by atoms with E-state index in [1.54, 1.807) is 24.3 Å². The summed E-state index contributed by atoms with van der Waals surface area (Å²) in [5, 5.41) is 23.7. The van der Waals surface area contributed by atoms with Gasteiger partial charge in [0.15, 0.2) is 11.6 Å². The minimum atomic E-state index is -0.161. The number of aliphatic hydroxyl groups excluding tert-OH is 2. The smallest absolute Gasteiger partial charge is 0.193 e. The van der Waals surface area contributed by atoms with Crippen LogP contribution in [0.25, 0.3) is 22.3 Å². The lowest BCUT2D eigenvalue weighted by Gasteiger charge is -2.27. The second-order valence-electron chi connectivity index (χ2n) is 10.6. The number of allylic oxidation sites excluding steroid dienone is 2. The van der Waals surface area contributed by atoms with Crippen molar-refractivity contribution in [3.8, 4) is 0 Å². The number of hydrogen-bond donors (Lipinski definition) is 2. The molecule has 36 heavy (non-hydrogen) atoms. The summed E-state index contributed by atoms with van der Waals surface area (Å²) in [7, 11) is 0. The zero-order valence-electron chi connectivity index (χ0n) is 22.2. The van der Waals surface area contributed by atoms with Crippen LogP contribution in [0.3, 0.4) is 0 Å². The van der Waals surface area contributed by atoms with Gasteiger partial charge in [-0.2, -0.15) is 0 Å². The van der Waals surface area contributed by atoms with Crippen molar-refractivity contribution in [3.05, 3.63) is 57.7 Å². The molecule has 2 N–H and O–H groups in total. The van der Waals surface area contributed by atoms with Crippen molar-refractivity contribution in [2.75, 3.05) is 0 Å². The van der Waals surface area contributed by atoms with Crippen molar-refractivity contribution >= 4 is 33.9 Å². The second-order valence-corrected chi connectivity index (χ2v) is 10.6. The third-order valence-electron chi connectivity index (χ3n) is 8.35. The normalized spacial score (nSPS) is 16.8. The number of ketones is 2. The van der Waals surface area contributed by atoms with Gasteiger partial charge in [-0.05, 0) is 48.9 Å². The summed E-state index contributed by atoms with van der Waals surface area (Å²) in [6.45, 7) is 8.59. The number of benzene rings is 2. The van der Waals surface area contributed by atoms with E-state index >= 15 is 0 Å². The highest BCUT2D eigenvalue weighted by molar-refractivity contribution is 6.31. The lowest BCUT2D eigenvalue weighted by atomic mass is 9.76. The molecule has 0 spiro atoms. The number of hydrogen-bond acceptors (Lipinski definition) is 4. The van der Waals surface area contributed by atoms with E-state index in [0.29, 0.717) is 68.8 Å². The SMILES string of the molecule is CCCCC(CC)CC1=C(O)c2ccc3c4c(ccc(c24)C1=O)C(O)=C(CC(CC)CCCC)C3=O. The Morgan fingerprint density at radius 1 is 0.611 bits per heavy atom. The molecule has 4 heteroatoms. The fourth-order valence-electron chi connectivity index (χ4n) is 5.98. The minimum Gasteiger partial charge on any atom is -0.507 e. The van der Waals surface area contributed by atoms with Crippen LogP contribution < -0.4 is 0 Å². The standard InChI is InChI=1S/C32H40O4/c1-5-9-11-19(7-3)17-25-29(33)21-13-15-23-28-24(16-14-22(27(21)28)30(25)34)32(36)26(31(23)35)18-20(8-4)12-10-6-2/h13-16,19-20,33,36H,5-12,17-18H2,1-4H3. The molecule has 0 fully saturated rings. The van der Waals surface area contributed by atoms with Crippen molar-refractivity contribution in [1.29, 1.82) is 0 Å². The maximum Gasteiger partial charge on any atom is 0.193 e. The summed E-state index contributed by atoms with van der Waals surface area (Å²) in [5.74, 6) is 0.417. The molecule has 0 radical (unpaired) electrons. The highest BCUT2D eigenvalue weighted by atomic mass is 16.3. The second kappa shape index (κ2) is 11.0. The third-order valence-corrected chi connectivity index (χ3v) is 8.35. The molecule has 0 amide bonds. The summed E-state index contributed by atoms with van der Waals surface area (Å²) in [4.78, 5) is 27.2. The Morgan fingerprint density at radius 3 is 1.31 bits per heavy atom. The molecule has 0 aliphatic heterocycles. The quantitative estimate of drug-likeness (QED) is 0.312. The first kappa shape index (κ1) is 26.2. The first-order chi connectivity index (χ1) is 17.4. The van der Waals surface area contributed by atoms with Gasteiger partial charge in [0.2, 0.25) is 0 Å². The molecule has 0 saturated heterocycles. The Labute approximate surface area is 215 Å². The van der Waals surface area contributed by atoms with Crippen molar-refractivity contribution in [1.82, 2.24) is 0 Å². The molecule has 2 aliphatic carbocycles. The highest BCUT2D eigenvalue weighted by Gasteiger charge is 2.35. The van der Waals surface area contributed by atoms with Crippen LogP contribution in [0.2, 0.25) is 0 Å². The molecule has 0 heterocycles. The molecule has 2 aromatic rings. The van der Waals surface area contributed by atoms with Gasteiger partial charge in [0.1, 0.15) is 11.5 Å². The molecule has 2 unspecified atom stereocenters. The van der Waals surface area contributed by atoms with Crippen LogP contribution in [0.1, 0.15) is 124 Å². The number of carbonyl (C=O) groups is 2. The Balaban J connectivity index is 1.81. The first-order valence-electron chi connectivity index (χ1n) is 13.9. The van der Waals surface area contributed by atoms with E-state index in [0.717, 1.165) is 51.4 Å². The zero-order valence-corrected chi connectivity index (χ0v) is 22.2. The molecule has 0 saturated carbocycles. The van der Waals surface area contributed by atoms with Crippen molar-refractivity contribution in [2.24, 2.45) is 11.8 Å². The van der Waals surface area contributed by atoms with Gasteiger partial charge in [0, 0.05) is 44.2 Å². The van der Waals surface area contributed by atoms with Crippen molar-refractivity contribution in [2.45, 2.75) is 91.9 Å². The summed E-state index contributed by atoms with van der Waals surface area (Å²) < 4.78 is 0. The van der Waals surface area contributed by atoms with E-state index in [2.05, 4.69) is 27.7 Å². The van der Waals surface area contributed by atoms with E-state index < -0.39 is 0 Å². The topological polar surface area (TPSA) is 74.6 Å². The molecule has 192 valence electrons. The molecule has 4 rings (SSSR count). The number of Topliss-reactive ketones (excluding diaryl/α,β-unsaturated/α-hetero) is 2. The van der Waals surface area contributed by atoms with E-state index in [4.69, 9.17) is 0 Å². The molecular formula is C32H40O4. The number of unbranched alkanes of at least 4 members (excludes halogenated alkanes) is 2. The van der Waals surface area contributed by atoms with Crippen molar-refractivity contribution in [3.63, 3.8) is 0 Å². The van der Waals surface area contributed by atoms with E-state index in [1.807, 2.05) is 0 Å².